The average molecular weight is 222 g/mol. The predicted molar refractivity (Wildman–Crippen MR) is 72.4 cm³/mol. The van der Waals surface area contributed by atoms with Gasteiger partial charge in [0.1, 0.15) is 0 Å². The van der Waals surface area contributed by atoms with Crippen LogP contribution in [0.15, 0.2) is 54.6 Å². The van der Waals surface area contributed by atoms with E-state index in [2.05, 4.69) is 61.5 Å². The quantitative estimate of drug-likeness (QED) is 0.705. The van der Waals surface area contributed by atoms with Crippen molar-refractivity contribution in [3.63, 3.8) is 0 Å². The van der Waals surface area contributed by atoms with Gasteiger partial charge in [-0.15, -0.1) is 0 Å². The molecule has 0 saturated heterocycles. The largest absolute Gasteiger partial charge is 0.0622 e. The van der Waals surface area contributed by atoms with E-state index in [-0.39, 0.29) is 0 Å². The first-order valence-corrected chi connectivity index (χ1v) is 6.49. The number of benzene rings is 2. The molecule has 0 heterocycles. The van der Waals surface area contributed by atoms with Crippen molar-refractivity contribution < 1.29 is 0 Å². The Kier molecular flexibility index (Phi) is 2.72. The van der Waals surface area contributed by atoms with E-state index >= 15 is 0 Å². The van der Waals surface area contributed by atoms with Crippen molar-refractivity contribution in [2.75, 3.05) is 0 Å². The highest BCUT2D eigenvalue weighted by atomic mass is 14.3. The Hall–Kier alpha value is -1.56. The van der Waals surface area contributed by atoms with E-state index in [1.807, 2.05) is 0 Å². The Labute approximate surface area is 103 Å². The molecule has 0 spiro atoms. The molecule has 3 rings (SSSR count). The van der Waals surface area contributed by atoms with Gasteiger partial charge in [-0.3, -0.25) is 0 Å². The summed E-state index contributed by atoms with van der Waals surface area (Å²) in [7, 11) is 0. The van der Waals surface area contributed by atoms with Crippen LogP contribution in [-0.4, -0.2) is 0 Å². The fraction of sp³-hybridized carbons (Fsp3) is 0.294. The third-order valence-corrected chi connectivity index (χ3v) is 3.78. The zero-order chi connectivity index (χ0) is 11.7. The zero-order valence-corrected chi connectivity index (χ0v) is 10.3. The Bertz CT molecular complexity index is 477. The van der Waals surface area contributed by atoms with Crippen LogP contribution >= 0.6 is 0 Å². The summed E-state index contributed by atoms with van der Waals surface area (Å²) in [4.78, 5) is 0. The van der Waals surface area contributed by atoms with E-state index in [4.69, 9.17) is 0 Å². The fourth-order valence-corrected chi connectivity index (χ4v) is 2.41. The SMILES string of the molecule is CC(c1ccccc1)c1ccc(C2CC2)cc1. The van der Waals surface area contributed by atoms with Crippen LogP contribution in [0, 0.1) is 0 Å². The second-order valence-corrected chi connectivity index (χ2v) is 5.07. The maximum absolute atomic E-state index is 2.31. The highest BCUT2D eigenvalue weighted by molar-refractivity contribution is 5.35. The van der Waals surface area contributed by atoms with Crippen molar-refractivity contribution in [1.82, 2.24) is 0 Å². The molecule has 17 heavy (non-hydrogen) atoms. The van der Waals surface area contributed by atoms with Crippen LogP contribution < -0.4 is 0 Å². The van der Waals surface area contributed by atoms with Gasteiger partial charge in [-0.05, 0) is 35.4 Å². The van der Waals surface area contributed by atoms with Crippen LogP contribution in [0.2, 0.25) is 0 Å². The minimum absolute atomic E-state index is 0.490. The Balaban J connectivity index is 1.83. The molecule has 1 fully saturated rings. The summed E-state index contributed by atoms with van der Waals surface area (Å²) in [6.07, 6.45) is 2.77. The fourth-order valence-electron chi connectivity index (χ4n) is 2.41. The molecule has 1 atom stereocenters. The van der Waals surface area contributed by atoms with Crippen molar-refractivity contribution >= 4 is 0 Å². The van der Waals surface area contributed by atoms with Gasteiger partial charge in [-0.2, -0.15) is 0 Å². The van der Waals surface area contributed by atoms with Gasteiger partial charge in [0.15, 0.2) is 0 Å². The molecule has 1 unspecified atom stereocenters. The molecule has 0 aliphatic heterocycles. The van der Waals surface area contributed by atoms with Gasteiger partial charge in [-0.25, -0.2) is 0 Å². The molecular formula is C17H18. The van der Waals surface area contributed by atoms with E-state index in [9.17, 15) is 0 Å². The third kappa shape index (κ3) is 2.26. The third-order valence-electron chi connectivity index (χ3n) is 3.78. The molecule has 1 aliphatic rings. The molecule has 0 bridgehead atoms. The van der Waals surface area contributed by atoms with Crippen molar-refractivity contribution in [2.45, 2.75) is 31.6 Å². The minimum atomic E-state index is 0.490. The Morgan fingerprint density at radius 1 is 0.824 bits per heavy atom. The number of hydrogen-bond donors (Lipinski definition) is 0. The van der Waals surface area contributed by atoms with Crippen molar-refractivity contribution in [3.8, 4) is 0 Å². The first kappa shape index (κ1) is 10.6. The number of rotatable bonds is 3. The normalized spacial score (nSPS) is 16.8. The average Bonchev–Trinajstić information content (AvgIpc) is 3.24. The summed E-state index contributed by atoms with van der Waals surface area (Å²) in [6.45, 7) is 2.28. The summed E-state index contributed by atoms with van der Waals surface area (Å²) in [5, 5.41) is 0. The molecule has 0 amide bonds. The van der Waals surface area contributed by atoms with Gasteiger partial charge in [0.25, 0.3) is 0 Å². The topological polar surface area (TPSA) is 0 Å². The highest BCUT2D eigenvalue weighted by Crippen LogP contribution is 2.40. The summed E-state index contributed by atoms with van der Waals surface area (Å²) < 4.78 is 0. The van der Waals surface area contributed by atoms with Gasteiger partial charge in [0.2, 0.25) is 0 Å². The lowest BCUT2D eigenvalue weighted by atomic mass is 9.92. The second kappa shape index (κ2) is 4.37. The van der Waals surface area contributed by atoms with E-state index < -0.39 is 0 Å². The van der Waals surface area contributed by atoms with Gasteiger partial charge < -0.3 is 0 Å². The van der Waals surface area contributed by atoms with Crippen molar-refractivity contribution in [1.29, 1.82) is 0 Å². The van der Waals surface area contributed by atoms with Gasteiger partial charge in [-0.1, -0.05) is 61.5 Å². The molecule has 1 saturated carbocycles. The molecule has 86 valence electrons. The van der Waals surface area contributed by atoms with Crippen LogP contribution in [0.25, 0.3) is 0 Å². The van der Waals surface area contributed by atoms with E-state index in [0.29, 0.717) is 5.92 Å². The molecular weight excluding hydrogens is 204 g/mol. The first-order valence-electron chi connectivity index (χ1n) is 6.49. The lowest BCUT2D eigenvalue weighted by Gasteiger charge is -2.12. The lowest BCUT2D eigenvalue weighted by molar-refractivity contribution is 0.919. The smallest absolute Gasteiger partial charge is 0.00610 e. The lowest BCUT2D eigenvalue weighted by Crippen LogP contribution is -1.95. The second-order valence-electron chi connectivity index (χ2n) is 5.07. The van der Waals surface area contributed by atoms with Crippen molar-refractivity contribution in [3.05, 3.63) is 71.3 Å². The van der Waals surface area contributed by atoms with E-state index in [1.54, 1.807) is 0 Å². The monoisotopic (exact) mass is 222 g/mol. The molecule has 0 nitrogen and oxygen atoms in total. The first-order chi connectivity index (χ1) is 8.34. The summed E-state index contributed by atoms with van der Waals surface area (Å²) in [5.74, 6) is 1.35. The van der Waals surface area contributed by atoms with Crippen LogP contribution in [0.3, 0.4) is 0 Å². The van der Waals surface area contributed by atoms with Gasteiger partial charge in [0.05, 0.1) is 0 Å². The highest BCUT2D eigenvalue weighted by Gasteiger charge is 2.23. The van der Waals surface area contributed by atoms with Crippen LogP contribution in [0.1, 0.15) is 48.3 Å². The molecule has 2 aromatic carbocycles. The predicted octanol–water partition coefficient (Wildman–Crippen LogP) is 4.72. The summed E-state index contributed by atoms with van der Waals surface area (Å²) >= 11 is 0. The summed E-state index contributed by atoms with van der Waals surface area (Å²) in [6, 6.07) is 19.9. The van der Waals surface area contributed by atoms with Crippen LogP contribution in [-0.2, 0) is 0 Å². The Morgan fingerprint density at radius 3 is 2.00 bits per heavy atom. The van der Waals surface area contributed by atoms with Gasteiger partial charge in [0, 0.05) is 5.92 Å². The van der Waals surface area contributed by atoms with Crippen molar-refractivity contribution in [2.24, 2.45) is 0 Å². The summed E-state index contributed by atoms with van der Waals surface area (Å²) in [5.41, 5.74) is 4.33. The molecule has 2 aromatic rings. The molecule has 0 aromatic heterocycles. The number of hydrogen-bond acceptors (Lipinski definition) is 0. The zero-order valence-electron chi connectivity index (χ0n) is 10.3. The maximum atomic E-state index is 2.31. The Morgan fingerprint density at radius 2 is 1.41 bits per heavy atom. The van der Waals surface area contributed by atoms with E-state index in [0.717, 1.165) is 5.92 Å². The molecule has 0 radical (unpaired) electrons. The minimum Gasteiger partial charge on any atom is -0.0622 e. The maximum Gasteiger partial charge on any atom is 0.00610 e. The van der Waals surface area contributed by atoms with Crippen LogP contribution in [0.4, 0.5) is 0 Å². The van der Waals surface area contributed by atoms with Gasteiger partial charge >= 0.3 is 0 Å². The van der Waals surface area contributed by atoms with Crippen LogP contribution in [0.5, 0.6) is 0 Å². The molecule has 0 heteroatoms. The van der Waals surface area contributed by atoms with E-state index in [1.165, 1.54) is 29.5 Å². The molecule has 0 N–H and O–H groups in total. The standard InChI is InChI=1S/C17H18/c1-13(14-5-3-2-4-6-14)15-7-9-16(10-8-15)17-11-12-17/h2-10,13,17H,11-12H2,1H3. The molecule has 1 aliphatic carbocycles.